The number of methoxy groups -OCH3 is 2. The van der Waals surface area contributed by atoms with Crippen LogP contribution in [0.5, 0.6) is 11.5 Å². The zero-order valence-corrected chi connectivity index (χ0v) is 18.0. The van der Waals surface area contributed by atoms with Gasteiger partial charge in [0.1, 0.15) is 0 Å². The molecule has 0 aromatic heterocycles. The predicted molar refractivity (Wildman–Crippen MR) is 113 cm³/mol. The summed E-state index contributed by atoms with van der Waals surface area (Å²) < 4.78 is 16.1. The minimum absolute atomic E-state index is 0.191. The van der Waals surface area contributed by atoms with Crippen molar-refractivity contribution in [3.05, 3.63) is 23.8 Å². The first-order valence-corrected chi connectivity index (χ1v) is 10.7. The van der Waals surface area contributed by atoms with Crippen molar-refractivity contribution < 1.29 is 23.8 Å². The van der Waals surface area contributed by atoms with Crippen molar-refractivity contribution in [2.75, 3.05) is 60.2 Å². The number of hydrogen-bond donors (Lipinski definition) is 2. The number of ether oxygens (including phenoxy) is 3. The van der Waals surface area contributed by atoms with Crippen molar-refractivity contribution in [3.63, 3.8) is 0 Å². The number of morpholine rings is 1. The van der Waals surface area contributed by atoms with E-state index in [1.807, 2.05) is 18.2 Å². The number of benzene rings is 1. The third kappa shape index (κ3) is 5.43. The summed E-state index contributed by atoms with van der Waals surface area (Å²) in [4.78, 5) is 26.8. The maximum atomic E-state index is 12.4. The Morgan fingerprint density at radius 1 is 1.03 bits per heavy atom. The first kappa shape index (κ1) is 22.4. The van der Waals surface area contributed by atoms with Crippen molar-refractivity contribution >= 4 is 11.8 Å². The number of rotatable bonds is 8. The van der Waals surface area contributed by atoms with E-state index in [1.54, 1.807) is 14.2 Å². The molecule has 3 rings (SSSR count). The molecule has 0 spiro atoms. The fourth-order valence-corrected chi connectivity index (χ4v) is 4.35. The van der Waals surface area contributed by atoms with Gasteiger partial charge in [-0.15, -0.1) is 0 Å². The average molecular weight is 420 g/mol. The van der Waals surface area contributed by atoms with E-state index in [2.05, 4.69) is 15.5 Å². The van der Waals surface area contributed by atoms with Gasteiger partial charge in [-0.25, -0.2) is 0 Å². The van der Waals surface area contributed by atoms with Crippen LogP contribution in [-0.4, -0.2) is 76.9 Å². The molecule has 0 unspecified atom stereocenters. The Hall–Kier alpha value is -2.32. The second kappa shape index (κ2) is 10.6. The van der Waals surface area contributed by atoms with E-state index < -0.39 is 11.8 Å². The highest BCUT2D eigenvalue weighted by atomic mass is 16.5. The smallest absolute Gasteiger partial charge is 0.309 e. The average Bonchev–Trinajstić information content (AvgIpc) is 3.27. The van der Waals surface area contributed by atoms with Crippen LogP contribution in [0.2, 0.25) is 0 Å². The van der Waals surface area contributed by atoms with Crippen molar-refractivity contribution in [1.82, 2.24) is 15.5 Å². The first-order valence-electron chi connectivity index (χ1n) is 10.7. The number of amides is 2. The van der Waals surface area contributed by atoms with E-state index in [0.717, 1.165) is 50.9 Å². The van der Waals surface area contributed by atoms with Gasteiger partial charge in [-0.1, -0.05) is 18.9 Å². The van der Waals surface area contributed by atoms with Gasteiger partial charge in [0.05, 0.1) is 27.4 Å². The van der Waals surface area contributed by atoms with E-state index in [-0.39, 0.29) is 5.41 Å². The lowest BCUT2D eigenvalue weighted by Crippen LogP contribution is -2.47. The fraction of sp³-hybridized carbons (Fsp3) is 0.636. The Morgan fingerprint density at radius 2 is 1.70 bits per heavy atom. The molecule has 166 valence electrons. The standard InChI is InChI=1S/C22H33N3O5/c1-28-18-6-5-17(15-19(18)29-2)22(7-3-4-8-22)16-24-21(27)20(26)23-9-10-25-11-13-30-14-12-25/h5-6,15H,3-4,7-14,16H2,1-2H3,(H,23,26)(H,24,27). The van der Waals surface area contributed by atoms with Crippen LogP contribution >= 0.6 is 0 Å². The zero-order chi connectivity index (χ0) is 21.4. The highest BCUT2D eigenvalue weighted by molar-refractivity contribution is 6.35. The van der Waals surface area contributed by atoms with Crippen molar-refractivity contribution in [1.29, 1.82) is 0 Å². The normalized spacial score (nSPS) is 18.6. The summed E-state index contributed by atoms with van der Waals surface area (Å²) in [5, 5.41) is 5.58. The Morgan fingerprint density at radius 3 is 2.37 bits per heavy atom. The molecule has 2 amide bonds. The lowest BCUT2D eigenvalue weighted by atomic mass is 9.78. The van der Waals surface area contributed by atoms with Crippen LogP contribution in [-0.2, 0) is 19.7 Å². The molecule has 2 N–H and O–H groups in total. The SMILES string of the molecule is COc1ccc(C2(CNC(=O)C(=O)NCCN3CCOCC3)CCCC2)cc1OC. The summed E-state index contributed by atoms with van der Waals surface area (Å²) in [6.45, 7) is 4.74. The predicted octanol–water partition coefficient (Wildman–Crippen LogP) is 1.08. The minimum Gasteiger partial charge on any atom is -0.493 e. The molecule has 8 nitrogen and oxygen atoms in total. The molecular formula is C22H33N3O5. The minimum atomic E-state index is -0.580. The molecule has 30 heavy (non-hydrogen) atoms. The summed E-state index contributed by atoms with van der Waals surface area (Å²) in [7, 11) is 3.23. The lowest BCUT2D eigenvalue weighted by molar-refractivity contribution is -0.139. The molecule has 1 aromatic rings. The van der Waals surface area contributed by atoms with Crippen LogP contribution in [0, 0.1) is 0 Å². The third-order valence-electron chi connectivity index (χ3n) is 6.17. The van der Waals surface area contributed by atoms with E-state index in [4.69, 9.17) is 14.2 Å². The number of nitrogens with one attached hydrogen (secondary N) is 2. The number of hydrogen-bond acceptors (Lipinski definition) is 6. The van der Waals surface area contributed by atoms with Gasteiger partial charge in [-0.2, -0.15) is 0 Å². The Balaban J connectivity index is 1.55. The van der Waals surface area contributed by atoms with Crippen molar-refractivity contribution in [2.24, 2.45) is 0 Å². The fourth-order valence-electron chi connectivity index (χ4n) is 4.35. The van der Waals surface area contributed by atoms with E-state index in [9.17, 15) is 9.59 Å². The van der Waals surface area contributed by atoms with E-state index in [0.29, 0.717) is 37.8 Å². The lowest BCUT2D eigenvalue weighted by Gasteiger charge is -2.30. The molecule has 0 radical (unpaired) electrons. The summed E-state index contributed by atoms with van der Waals surface area (Å²) >= 11 is 0. The molecule has 0 bridgehead atoms. The van der Waals surface area contributed by atoms with Gasteiger partial charge in [-0.3, -0.25) is 14.5 Å². The van der Waals surface area contributed by atoms with Crippen molar-refractivity contribution in [3.8, 4) is 11.5 Å². The molecule has 1 saturated carbocycles. The largest absolute Gasteiger partial charge is 0.493 e. The van der Waals surface area contributed by atoms with Gasteiger partial charge in [0, 0.05) is 38.1 Å². The Labute approximate surface area is 178 Å². The topological polar surface area (TPSA) is 89.1 Å². The maximum absolute atomic E-state index is 12.4. The number of nitrogens with zero attached hydrogens (tertiary/aromatic N) is 1. The molecule has 1 heterocycles. The number of carbonyl (C=O) groups excluding carboxylic acids is 2. The van der Waals surface area contributed by atoms with Crippen LogP contribution in [0.4, 0.5) is 0 Å². The monoisotopic (exact) mass is 419 g/mol. The highest BCUT2D eigenvalue weighted by Gasteiger charge is 2.37. The Bertz CT molecular complexity index is 727. The van der Waals surface area contributed by atoms with Crippen molar-refractivity contribution in [2.45, 2.75) is 31.1 Å². The van der Waals surface area contributed by atoms with Crippen LogP contribution in [0.1, 0.15) is 31.2 Å². The zero-order valence-electron chi connectivity index (χ0n) is 18.0. The third-order valence-corrected chi connectivity index (χ3v) is 6.17. The summed E-state index contributed by atoms with van der Waals surface area (Å²) in [6, 6.07) is 5.91. The molecular weight excluding hydrogens is 386 g/mol. The maximum Gasteiger partial charge on any atom is 0.309 e. The molecule has 1 aromatic carbocycles. The quantitative estimate of drug-likeness (QED) is 0.613. The van der Waals surface area contributed by atoms with E-state index >= 15 is 0 Å². The van der Waals surface area contributed by atoms with E-state index in [1.165, 1.54) is 0 Å². The van der Waals surface area contributed by atoms with Gasteiger partial charge in [0.25, 0.3) is 0 Å². The summed E-state index contributed by atoms with van der Waals surface area (Å²) in [6.07, 6.45) is 4.11. The second-order valence-electron chi connectivity index (χ2n) is 7.95. The molecule has 8 heteroatoms. The summed E-state index contributed by atoms with van der Waals surface area (Å²) in [5.41, 5.74) is 0.911. The van der Waals surface area contributed by atoms with Gasteiger partial charge in [0.15, 0.2) is 11.5 Å². The van der Waals surface area contributed by atoms with Gasteiger partial charge in [-0.05, 0) is 30.5 Å². The highest BCUT2D eigenvalue weighted by Crippen LogP contribution is 2.43. The molecule has 2 aliphatic rings. The van der Waals surface area contributed by atoms with Crippen LogP contribution < -0.4 is 20.1 Å². The molecule has 1 aliphatic heterocycles. The Kier molecular flexibility index (Phi) is 7.93. The molecule has 1 saturated heterocycles. The van der Waals surface area contributed by atoms with Crippen LogP contribution in [0.3, 0.4) is 0 Å². The summed E-state index contributed by atoms with van der Waals surface area (Å²) in [5.74, 6) is 0.194. The second-order valence-corrected chi connectivity index (χ2v) is 7.95. The van der Waals surface area contributed by atoms with Gasteiger partial charge >= 0.3 is 11.8 Å². The van der Waals surface area contributed by atoms with Gasteiger partial charge in [0.2, 0.25) is 0 Å². The number of carbonyl (C=O) groups is 2. The van der Waals surface area contributed by atoms with Gasteiger partial charge < -0.3 is 24.8 Å². The first-order chi connectivity index (χ1) is 14.6. The van der Waals surface area contributed by atoms with Crippen LogP contribution in [0.25, 0.3) is 0 Å². The molecule has 2 fully saturated rings. The van der Waals surface area contributed by atoms with Crippen LogP contribution in [0.15, 0.2) is 18.2 Å². The molecule has 0 atom stereocenters. The molecule has 1 aliphatic carbocycles.